The molecule has 4 rings (SSSR count). The molecular weight excluding hydrogens is 306 g/mol. The van der Waals surface area contributed by atoms with Gasteiger partial charge >= 0.3 is 0 Å². The van der Waals surface area contributed by atoms with E-state index in [-0.39, 0.29) is 0 Å². The molecule has 0 saturated carbocycles. The minimum absolute atomic E-state index is 1.00. The van der Waals surface area contributed by atoms with Gasteiger partial charge in [-0.25, -0.2) is 4.68 Å². The van der Waals surface area contributed by atoms with Gasteiger partial charge in [-0.1, -0.05) is 49.4 Å². The van der Waals surface area contributed by atoms with Crippen molar-refractivity contribution >= 4 is 5.82 Å². The van der Waals surface area contributed by atoms with E-state index in [0.717, 1.165) is 25.1 Å². The first-order valence-electron chi connectivity index (χ1n) is 9.29. The molecular formula is C22H25N3. The minimum Gasteiger partial charge on any atom is -0.370 e. The van der Waals surface area contributed by atoms with Gasteiger partial charge in [0, 0.05) is 17.7 Å². The van der Waals surface area contributed by atoms with Gasteiger partial charge in [0.1, 0.15) is 5.82 Å². The Morgan fingerprint density at radius 2 is 1.84 bits per heavy atom. The molecule has 1 aliphatic rings. The summed E-state index contributed by atoms with van der Waals surface area (Å²) in [5.41, 5.74) is 7.54. The summed E-state index contributed by atoms with van der Waals surface area (Å²) in [7, 11) is 0. The SMILES string of the molecule is CCc1ccccc1-n1nc(-c2ccccc2C)c2c1NCCCC2. The van der Waals surface area contributed by atoms with E-state index in [4.69, 9.17) is 5.10 Å². The average molecular weight is 331 g/mol. The number of benzene rings is 2. The fourth-order valence-electron chi connectivity index (χ4n) is 3.75. The van der Waals surface area contributed by atoms with Gasteiger partial charge in [0.05, 0.1) is 11.4 Å². The van der Waals surface area contributed by atoms with Crippen molar-refractivity contribution < 1.29 is 0 Å². The van der Waals surface area contributed by atoms with Crippen LogP contribution in [0.2, 0.25) is 0 Å². The van der Waals surface area contributed by atoms with Crippen molar-refractivity contribution in [2.75, 3.05) is 11.9 Å². The zero-order valence-electron chi connectivity index (χ0n) is 15.0. The number of fused-ring (bicyclic) bond motifs is 1. The lowest BCUT2D eigenvalue weighted by Crippen LogP contribution is -2.08. The van der Waals surface area contributed by atoms with Crippen molar-refractivity contribution in [2.24, 2.45) is 0 Å². The lowest BCUT2D eigenvalue weighted by molar-refractivity contribution is 0.779. The Balaban J connectivity index is 1.96. The maximum atomic E-state index is 5.10. The van der Waals surface area contributed by atoms with Crippen molar-refractivity contribution in [3.8, 4) is 16.9 Å². The number of para-hydroxylation sites is 1. The number of anilines is 1. The highest BCUT2D eigenvalue weighted by molar-refractivity contribution is 5.73. The second kappa shape index (κ2) is 6.75. The number of rotatable bonds is 3. The quantitative estimate of drug-likeness (QED) is 0.718. The molecule has 1 N–H and O–H groups in total. The fraction of sp³-hybridized carbons (Fsp3) is 0.318. The minimum atomic E-state index is 1.00. The Labute approximate surface area is 149 Å². The van der Waals surface area contributed by atoms with Gasteiger partial charge in [-0.3, -0.25) is 0 Å². The van der Waals surface area contributed by atoms with Gasteiger partial charge in [0.2, 0.25) is 0 Å². The lowest BCUT2D eigenvalue weighted by atomic mass is 10.00. The van der Waals surface area contributed by atoms with Crippen molar-refractivity contribution in [3.05, 3.63) is 65.2 Å². The van der Waals surface area contributed by atoms with Crippen LogP contribution in [0.1, 0.15) is 36.5 Å². The lowest BCUT2D eigenvalue weighted by Gasteiger charge is -2.12. The van der Waals surface area contributed by atoms with Crippen LogP contribution in [0, 0.1) is 6.92 Å². The van der Waals surface area contributed by atoms with Crippen molar-refractivity contribution in [2.45, 2.75) is 39.5 Å². The first kappa shape index (κ1) is 15.9. The highest BCUT2D eigenvalue weighted by Gasteiger charge is 2.23. The van der Waals surface area contributed by atoms with Crippen LogP contribution in [0.4, 0.5) is 5.82 Å². The molecule has 2 heterocycles. The first-order valence-corrected chi connectivity index (χ1v) is 9.29. The maximum Gasteiger partial charge on any atom is 0.133 e. The Kier molecular flexibility index (Phi) is 4.31. The van der Waals surface area contributed by atoms with Gasteiger partial charge in [-0.2, -0.15) is 5.10 Å². The predicted molar refractivity (Wildman–Crippen MR) is 105 cm³/mol. The van der Waals surface area contributed by atoms with Crippen LogP contribution in [-0.4, -0.2) is 16.3 Å². The molecule has 0 spiro atoms. The first-order chi connectivity index (χ1) is 12.3. The van der Waals surface area contributed by atoms with Gasteiger partial charge in [0.25, 0.3) is 0 Å². The van der Waals surface area contributed by atoms with E-state index in [1.807, 2.05) is 0 Å². The van der Waals surface area contributed by atoms with E-state index >= 15 is 0 Å². The summed E-state index contributed by atoms with van der Waals surface area (Å²) in [4.78, 5) is 0. The van der Waals surface area contributed by atoms with Crippen molar-refractivity contribution in [1.29, 1.82) is 0 Å². The van der Waals surface area contributed by atoms with Crippen LogP contribution in [0.5, 0.6) is 0 Å². The van der Waals surface area contributed by atoms with E-state index < -0.39 is 0 Å². The average Bonchev–Trinajstić information content (AvgIpc) is 2.83. The second-order valence-corrected chi connectivity index (χ2v) is 6.77. The van der Waals surface area contributed by atoms with Crippen LogP contribution in [0.15, 0.2) is 48.5 Å². The molecule has 0 bridgehead atoms. The summed E-state index contributed by atoms with van der Waals surface area (Å²) in [6, 6.07) is 17.2. The standard InChI is InChI=1S/C22H25N3/c1-3-17-11-5-7-14-20(17)25-22-19(13-8-9-15-23-22)21(24-25)18-12-6-4-10-16(18)2/h4-7,10-12,14,23H,3,8-9,13,15H2,1-2H3. The molecule has 0 atom stereocenters. The topological polar surface area (TPSA) is 29.9 Å². The summed E-state index contributed by atoms with van der Waals surface area (Å²) in [5.74, 6) is 1.18. The van der Waals surface area contributed by atoms with Crippen molar-refractivity contribution in [1.82, 2.24) is 9.78 Å². The Morgan fingerprint density at radius 1 is 1.04 bits per heavy atom. The van der Waals surface area contributed by atoms with Crippen LogP contribution in [-0.2, 0) is 12.8 Å². The summed E-state index contributed by atoms with van der Waals surface area (Å²) >= 11 is 0. The summed E-state index contributed by atoms with van der Waals surface area (Å²) in [6.07, 6.45) is 4.50. The number of hydrogen-bond acceptors (Lipinski definition) is 2. The number of aromatic nitrogens is 2. The Hall–Kier alpha value is -2.55. The van der Waals surface area contributed by atoms with E-state index in [1.54, 1.807) is 0 Å². The molecule has 3 aromatic rings. The van der Waals surface area contributed by atoms with E-state index in [9.17, 15) is 0 Å². The van der Waals surface area contributed by atoms with Gasteiger partial charge in [-0.15, -0.1) is 0 Å². The van der Waals surface area contributed by atoms with Crippen LogP contribution >= 0.6 is 0 Å². The van der Waals surface area contributed by atoms with E-state index in [2.05, 4.69) is 72.4 Å². The van der Waals surface area contributed by atoms with Gasteiger partial charge < -0.3 is 5.32 Å². The maximum absolute atomic E-state index is 5.10. The molecule has 0 radical (unpaired) electrons. The molecule has 1 aromatic heterocycles. The number of nitrogens with zero attached hydrogens (tertiary/aromatic N) is 2. The van der Waals surface area contributed by atoms with Crippen LogP contribution in [0.3, 0.4) is 0 Å². The summed E-state index contributed by atoms with van der Waals surface area (Å²) in [5, 5.41) is 8.75. The number of aryl methyl sites for hydroxylation is 2. The smallest absolute Gasteiger partial charge is 0.133 e. The highest BCUT2D eigenvalue weighted by Crippen LogP contribution is 2.35. The molecule has 0 unspecified atom stereocenters. The second-order valence-electron chi connectivity index (χ2n) is 6.77. The third kappa shape index (κ3) is 2.84. The van der Waals surface area contributed by atoms with Crippen LogP contribution in [0.25, 0.3) is 16.9 Å². The molecule has 3 nitrogen and oxygen atoms in total. The van der Waals surface area contributed by atoms with Gasteiger partial charge in [0.15, 0.2) is 0 Å². The summed E-state index contributed by atoms with van der Waals surface area (Å²) < 4.78 is 2.14. The third-order valence-electron chi connectivity index (χ3n) is 5.13. The molecule has 1 aliphatic heterocycles. The molecule has 0 fully saturated rings. The summed E-state index contributed by atoms with van der Waals surface area (Å²) in [6.45, 7) is 5.39. The molecule has 0 aliphatic carbocycles. The zero-order valence-corrected chi connectivity index (χ0v) is 15.0. The monoisotopic (exact) mass is 331 g/mol. The fourth-order valence-corrected chi connectivity index (χ4v) is 3.75. The van der Waals surface area contributed by atoms with Gasteiger partial charge in [-0.05, 0) is 49.8 Å². The third-order valence-corrected chi connectivity index (χ3v) is 5.13. The van der Waals surface area contributed by atoms with E-state index in [0.29, 0.717) is 0 Å². The normalized spacial score (nSPS) is 13.8. The number of hydrogen-bond donors (Lipinski definition) is 1. The number of nitrogens with one attached hydrogen (secondary N) is 1. The van der Waals surface area contributed by atoms with Crippen molar-refractivity contribution in [3.63, 3.8) is 0 Å². The van der Waals surface area contributed by atoms with E-state index in [1.165, 1.54) is 46.6 Å². The molecule has 2 aromatic carbocycles. The zero-order chi connectivity index (χ0) is 17.2. The molecule has 25 heavy (non-hydrogen) atoms. The predicted octanol–water partition coefficient (Wildman–Crippen LogP) is 5.16. The Bertz CT molecular complexity index is 892. The Morgan fingerprint density at radius 3 is 2.68 bits per heavy atom. The highest BCUT2D eigenvalue weighted by atomic mass is 15.3. The molecule has 128 valence electrons. The largest absolute Gasteiger partial charge is 0.370 e. The molecule has 0 saturated heterocycles. The molecule has 3 heteroatoms. The molecule has 0 amide bonds. The van der Waals surface area contributed by atoms with Crippen LogP contribution < -0.4 is 5.32 Å².